The summed E-state index contributed by atoms with van der Waals surface area (Å²) in [6.07, 6.45) is 5.98. The number of amides is 1. The molecule has 1 fully saturated rings. The van der Waals surface area contributed by atoms with E-state index in [9.17, 15) is 4.79 Å². The first-order valence-electron chi connectivity index (χ1n) is 8.27. The number of aromatic nitrogens is 2. The first-order valence-corrected chi connectivity index (χ1v) is 8.27. The van der Waals surface area contributed by atoms with Crippen LogP contribution in [0, 0.1) is 5.92 Å². The topological polar surface area (TPSA) is 119 Å². The molecule has 0 radical (unpaired) electrons. The number of nitrogens with two attached hydrogens (primary N) is 2. The number of primary amides is 1. The van der Waals surface area contributed by atoms with E-state index in [1.165, 1.54) is 0 Å². The Morgan fingerprint density at radius 3 is 2.57 bits per heavy atom. The van der Waals surface area contributed by atoms with Crippen molar-refractivity contribution in [1.82, 2.24) is 9.97 Å². The first-order chi connectivity index (χ1) is 10.8. The Morgan fingerprint density at radius 1 is 1.35 bits per heavy atom. The largest absolute Gasteiger partial charge is 0.394 e. The third-order valence-corrected chi connectivity index (χ3v) is 4.62. The molecular weight excluding hydrogens is 292 g/mol. The molecule has 0 spiro atoms. The zero-order valence-electron chi connectivity index (χ0n) is 14.2. The maximum absolute atomic E-state index is 11.2. The minimum absolute atomic E-state index is 0.00150. The maximum atomic E-state index is 11.2. The van der Waals surface area contributed by atoms with Crippen molar-refractivity contribution in [3.05, 3.63) is 6.20 Å². The van der Waals surface area contributed by atoms with Crippen LogP contribution in [0.2, 0.25) is 0 Å². The lowest BCUT2D eigenvalue weighted by atomic mass is 9.85. The molecule has 1 saturated carbocycles. The molecule has 23 heavy (non-hydrogen) atoms. The summed E-state index contributed by atoms with van der Waals surface area (Å²) in [5.41, 5.74) is 11.8. The van der Waals surface area contributed by atoms with Crippen LogP contribution in [0.3, 0.4) is 0 Å². The molecule has 0 unspecified atom stereocenters. The fourth-order valence-electron chi connectivity index (χ4n) is 2.67. The number of carbonyl (C=O) groups is 1. The Labute approximate surface area is 137 Å². The highest BCUT2D eigenvalue weighted by molar-refractivity contribution is 5.76. The molecule has 1 aliphatic carbocycles. The van der Waals surface area contributed by atoms with Gasteiger partial charge in [-0.3, -0.25) is 4.79 Å². The molecule has 0 atom stereocenters. The van der Waals surface area contributed by atoms with Crippen LogP contribution in [0.25, 0.3) is 0 Å². The van der Waals surface area contributed by atoms with Gasteiger partial charge in [0.1, 0.15) is 0 Å². The minimum atomic E-state index is -0.196. The summed E-state index contributed by atoms with van der Waals surface area (Å²) in [6.45, 7) is 6.32. The van der Waals surface area contributed by atoms with Gasteiger partial charge in [0.15, 0.2) is 5.82 Å². The molecule has 2 rings (SSSR count). The lowest BCUT2D eigenvalue weighted by Crippen LogP contribution is -2.33. The van der Waals surface area contributed by atoms with E-state index >= 15 is 0 Å². The van der Waals surface area contributed by atoms with E-state index in [0.717, 1.165) is 32.1 Å². The summed E-state index contributed by atoms with van der Waals surface area (Å²) in [7, 11) is 0. The van der Waals surface area contributed by atoms with E-state index in [4.69, 9.17) is 11.5 Å². The van der Waals surface area contributed by atoms with Gasteiger partial charge in [-0.25, -0.2) is 4.98 Å². The Balaban J connectivity index is 2.01. The number of nitrogens with zero attached hydrogens (tertiary/aromatic N) is 2. The van der Waals surface area contributed by atoms with E-state index < -0.39 is 0 Å². The highest BCUT2D eigenvalue weighted by Gasteiger charge is 2.25. The lowest BCUT2D eigenvalue weighted by molar-refractivity contribution is -0.122. The van der Waals surface area contributed by atoms with Gasteiger partial charge in [0.05, 0.1) is 11.9 Å². The summed E-state index contributed by atoms with van der Waals surface area (Å²) in [4.78, 5) is 20.0. The molecule has 7 nitrogen and oxygen atoms in total. The molecule has 6 N–H and O–H groups in total. The lowest BCUT2D eigenvalue weighted by Gasteiger charge is -2.28. The van der Waals surface area contributed by atoms with Crippen molar-refractivity contribution >= 4 is 23.4 Å². The first kappa shape index (κ1) is 17.3. The fourth-order valence-corrected chi connectivity index (χ4v) is 2.67. The standard InChI is InChI=1S/C16H28N6O/c1-4-16(2,3)22-15-19-9-12(17)14(21-15)20-11-7-5-10(6-8-11)13(18)23/h9-11H,4-8,17H2,1-3H3,(H2,18,23)(H2,19,20,21,22). The molecule has 0 aromatic carbocycles. The zero-order valence-corrected chi connectivity index (χ0v) is 14.2. The average molecular weight is 320 g/mol. The van der Waals surface area contributed by atoms with E-state index in [1.54, 1.807) is 6.20 Å². The van der Waals surface area contributed by atoms with Gasteiger partial charge in [0.25, 0.3) is 0 Å². The van der Waals surface area contributed by atoms with Crippen molar-refractivity contribution < 1.29 is 4.79 Å². The highest BCUT2D eigenvalue weighted by Crippen LogP contribution is 2.28. The van der Waals surface area contributed by atoms with Crippen LogP contribution in [-0.4, -0.2) is 27.5 Å². The monoisotopic (exact) mass is 320 g/mol. The van der Waals surface area contributed by atoms with Crippen LogP contribution in [0.4, 0.5) is 17.5 Å². The van der Waals surface area contributed by atoms with Crippen LogP contribution >= 0.6 is 0 Å². The van der Waals surface area contributed by atoms with Gasteiger partial charge in [0, 0.05) is 17.5 Å². The van der Waals surface area contributed by atoms with E-state index in [2.05, 4.69) is 41.4 Å². The number of hydrogen-bond acceptors (Lipinski definition) is 6. The van der Waals surface area contributed by atoms with Crippen molar-refractivity contribution in [2.45, 2.75) is 64.5 Å². The quantitative estimate of drug-likeness (QED) is 0.637. The Hall–Kier alpha value is -2.05. The molecule has 0 saturated heterocycles. The van der Waals surface area contributed by atoms with E-state index in [0.29, 0.717) is 17.5 Å². The smallest absolute Gasteiger partial charge is 0.225 e. The van der Waals surface area contributed by atoms with Crippen molar-refractivity contribution in [2.75, 3.05) is 16.4 Å². The van der Waals surface area contributed by atoms with Crippen molar-refractivity contribution in [2.24, 2.45) is 11.7 Å². The number of anilines is 3. The Kier molecular flexibility index (Phi) is 5.28. The number of hydrogen-bond donors (Lipinski definition) is 4. The van der Waals surface area contributed by atoms with Gasteiger partial charge in [-0.2, -0.15) is 4.98 Å². The summed E-state index contributed by atoms with van der Waals surface area (Å²) >= 11 is 0. The number of nitrogens with one attached hydrogen (secondary N) is 2. The number of nitrogen functional groups attached to an aromatic ring is 1. The third kappa shape index (κ3) is 4.71. The van der Waals surface area contributed by atoms with Crippen LogP contribution in [0.1, 0.15) is 52.9 Å². The second-order valence-corrected chi connectivity index (χ2v) is 6.96. The predicted molar refractivity (Wildman–Crippen MR) is 93.0 cm³/mol. The predicted octanol–water partition coefficient (Wildman–Crippen LogP) is 2.12. The number of carbonyl (C=O) groups excluding carboxylic acids is 1. The van der Waals surface area contributed by atoms with Crippen LogP contribution in [-0.2, 0) is 4.79 Å². The van der Waals surface area contributed by atoms with Gasteiger partial charge in [-0.15, -0.1) is 0 Å². The highest BCUT2D eigenvalue weighted by atomic mass is 16.1. The second-order valence-electron chi connectivity index (χ2n) is 6.96. The average Bonchev–Trinajstić information content (AvgIpc) is 2.51. The summed E-state index contributed by atoms with van der Waals surface area (Å²) < 4.78 is 0. The molecular formula is C16H28N6O. The minimum Gasteiger partial charge on any atom is -0.394 e. The zero-order chi connectivity index (χ0) is 17.0. The van der Waals surface area contributed by atoms with E-state index in [1.807, 2.05) is 0 Å². The second kappa shape index (κ2) is 7.02. The Bertz CT molecular complexity index is 552. The molecule has 1 aliphatic rings. The molecule has 7 heteroatoms. The van der Waals surface area contributed by atoms with E-state index in [-0.39, 0.29) is 23.4 Å². The molecule has 1 amide bonds. The summed E-state index contributed by atoms with van der Waals surface area (Å²) in [6, 6.07) is 0.259. The molecule has 1 aromatic rings. The van der Waals surface area contributed by atoms with Crippen molar-refractivity contribution in [3.63, 3.8) is 0 Å². The van der Waals surface area contributed by atoms with Crippen molar-refractivity contribution in [3.8, 4) is 0 Å². The van der Waals surface area contributed by atoms with Gasteiger partial charge >= 0.3 is 0 Å². The van der Waals surface area contributed by atoms with Gasteiger partial charge in [-0.1, -0.05) is 6.92 Å². The third-order valence-electron chi connectivity index (χ3n) is 4.62. The van der Waals surface area contributed by atoms with Crippen LogP contribution < -0.4 is 22.1 Å². The molecule has 0 bridgehead atoms. The SMILES string of the molecule is CCC(C)(C)Nc1ncc(N)c(NC2CCC(C(N)=O)CC2)n1. The van der Waals surface area contributed by atoms with Gasteiger partial charge < -0.3 is 22.1 Å². The summed E-state index contributed by atoms with van der Waals surface area (Å²) in [5.74, 6) is 1.02. The van der Waals surface area contributed by atoms with Gasteiger partial charge in [-0.05, 0) is 46.0 Å². The molecule has 1 heterocycles. The van der Waals surface area contributed by atoms with Crippen LogP contribution in [0.15, 0.2) is 6.20 Å². The summed E-state index contributed by atoms with van der Waals surface area (Å²) in [5, 5.41) is 6.70. The fraction of sp³-hybridized carbons (Fsp3) is 0.688. The maximum Gasteiger partial charge on any atom is 0.225 e. The van der Waals surface area contributed by atoms with Gasteiger partial charge in [0.2, 0.25) is 11.9 Å². The molecule has 0 aliphatic heterocycles. The Morgan fingerprint density at radius 2 is 2.00 bits per heavy atom. The molecule has 1 aromatic heterocycles. The number of rotatable bonds is 6. The van der Waals surface area contributed by atoms with Crippen LogP contribution in [0.5, 0.6) is 0 Å². The normalized spacial score (nSPS) is 21.7. The molecule has 128 valence electrons. The van der Waals surface area contributed by atoms with Crippen molar-refractivity contribution in [1.29, 1.82) is 0 Å².